The highest BCUT2D eigenvalue weighted by molar-refractivity contribution is 5.33. The van der Waals surface area contributed by atoms with Gasteiger partial charge in [-0.25, -0.2) is 0 Å². The first-order chi connectivity index (χ1) is 8.88. The van der Waals surface area contributed by atoms with E-state index in [4.69, 9.17) is 5.26 Å². The number of rotatable bonds is 2. The largest absolute Gasteiger partial charge is 0.287 e. The second-order valence-corrected chi connectivity index (χ2v) is 5.57. The van der Waals surface area contributed by atoms with Crippen molar-refractivity contribution in [1.29, 1.82) is 5.26 Å². The third kappa shape index (κ3) is 2.15. The predicted molar refractivity (Wildman–Crippen MR) is 72.3 cm³/mol. The highest BCUT2D eigenvalue weighted by atomic mass is 15.2. The highest BCUT2D eigenvalue weighted by Crippen LogP contribution is 2.33. The Balaban J connectivity index is 1.76. The Hall–Kier alpha value is -1.33. The van der Waals surface area contributed by atoms with Gasteiger partial charge in [-0.05, 0) is 55.7 Å². The van der Waals surface area contributed by atoms with Crippen molar-refractivity contribution in [1.82, 2.24) is 4.90 Å². The Morgan fingerprint density at radius 3 is 3.00 bits per heavy atom. The first-order valence-electron chi connectivity index (χ1n) is 7.10. The van der Waals surface area contributed by atoms with Gasteiger partial charge in [-0.1, -0.05) is 24.3 Å². The SMILES string of the molecule is N#CC1CCCN1CC1CCCc2ccccc21. The summed E-state index contributed by atoms with van der Waals surface area (Å²) in [6.07, 6.45) is 6.06. The Bertz CT molecular complexity index is 460. The molecule has 0 bridgehead atoms. The molecule has 1 heterocycles. The van der Waals surface area contributed by atoms with E-state index in [-0.39, 0.29) is 6.04 Å². The van der Waals surface area contributed by atoms with Crippen LogP contribution in [0.4, 0.5) is 0 Å². The molecule has 3 rings (SSSR count). The lowest BCUT2D eigenvalue weighted by Gasteiger charge is -2.30. The van der Waals surface area contributed by atoms with E-state index in [0.29, 0.717) is 5.92 Å². The van der Waals surface area contributed by atoms with Crippen LogP contribution in [-0.2, 0) is 6.42 Å². The van der Waals surface area contributed by atoms with Crippen LogP contribution >= 0.6 is 0 Å². The van der Waals surface area contributed by atoms with Crippen LogP contribution in [0.1, 0.15) is 42.7 Å². The fourth-order valence-electron chi connectivity index (χ4n) is 3.52. The van der Waals surface area contributed by atoms with E-state index in [9.17, 15) is 0 Å². The molecule has 1 aromatic carbocycles. The van der Waals surface area contributed by atoms with Crippen LogP contribution in [0.15, 0.2) is 24.3 Å². The Morgan fingerprint density at radius 2 is 2.11 bits per heavy atom. The second-order valence-electron chi connectivity index (χ2n) is 5.57. The van der Waals surface area contributed by atoms with Gasteiger partial charge >= 0.3 is 0 Å². The van der Waals surface area contributed by atoms with Gasteiger partial charge in [-0.3, -0.25) is 4.90 Å². The average Bonchev–Trinajstić information content (AvgIpc) is 2.86. The van der Waals surface area contributed by atoms with E-state index >= 15 is 0 Å². The summed E-state index contributed by atoms with van der Waals surface area (Å²) in [6, 6.07) is 11.5. The molecule has 1 aliphatic carbocycles. The molecule has 1 aromatic rings. The Labute approximate surface area is 109 Å². The van der Waals surface area contributed by atoms with Crippen molar-refractivity contribution in [3.63, 3.8) is 0 Å². The summed E-state index contributed by atoms with van der Waals surface area (Å²) in [5, 5.41) is 9.17. The van der Waals surface area contributed by atoms with E-state index in [0.717, 1.165) is 19.5 Å². The number of hydrogen-bond donors (Lipinski definition) is 0. The molecule has 2 nitrogen and oxygen atoms in total. The topological polar surface area (TPSA) is 27.0 Å². The van der Waals surface area contributed by atoms with Crippen molar-refractivity contribution in [3.8, 4) is 6.07 Å². The zero-order valence-corrected chi connectivity index (χ0v) is 10.8. The Morgan fingerprint density at radius 1 is 1.22 bits per heavy atom. The Kier molecular flexibility index (Phi) is 3.34. The number of nitrogens with zero attached hydrogens (tertiary/aromatic N) is 2. The van der Waals surface area contributed by atoms with E-state index in [2.05, 4.69) is 35.2 Å². The van der Waals surface area contributed by atoms with Gasteiger partial charge < -0.3 is 0 Å². The summed E-state index contributed by atoms with van der Waals surface area (Å²) in [4.78, 5) is 2.40. The predicted octanol–water partition coefficient (Wildman–Crippen LogP) is 3.09. The van der Waals surface area contributed by atoms with Gasteiger partial charge in [0.15, 0.2) is 0 Å². The number of aryl methyl sites for hydroxylation is 1. The van der Waals surface area contributed by atoms with Crippen LogP contribution in [-0.4, -0.2) is 24.0 Å². The lowest BCUT2D eigenvalue weighted by Crippen LogP contribution is -2.33. The fraction of sp³-hybridized carbons (Fsp3) is 0.562. The number of benzene rings is 1. The van der Waals surface area contributed by atoms with Crippen molar-refractivity contribution in [3.05, 3.63) is 35.4 Å². The van der Waals surface area contributed by atoms with Crippen LogP contribution in [0.3, 0.4) is 0 Å². The molecule has 0 N–H and O–H groups in total. The number of nitriles is 1. The molecule has 2 unspecified atom stereocenters. The first kappa shape index (κ1) is 11.7. The summed E-state index contributed by atoms with van der Waals surface area (Å²) in [7, 11) is 0. The monoisotopic (exact) mass is 240 g/mol. The van der Waals surface area contributed by atoms with Gasteiger partial charge in [-0.15, -0.1) is 0 Å². The van der Waals surface area contributed by atoms with E-state index in [1.54, 1.807) is 0 Å². The maximum Gasteiger partial charge on any atom is 0.0978 e. The van der Waals surface area contributed by atoms with E-state index in [1.165, 1.54) is 36.8 Å². The first-order valence-corrected chi connectivity index (χ1v) is 7.10. The number of likely N-dealkylation sites (tertiary alicyclic amines) is 1. The summed E-state index contributed by atoms with van der Waals surface area (Å²) in [5.41, 5.74) is 3.06. The average molecular weight is 240 g/mol. The smallest absolute Gasteiger partial charge is 0.0978 e. The summed E-state index contributed by atoms with van der Waals surface area (Å²) >= 11 is 0. The maximum atomic E-state index is 9.17. The molecule has 0 radical (unpaired) electrons. The molecule has 2 heteroatoms. The molecule has 1 fully saturated rings. The minimum absolute atomic E-state index is 0.166. The molecular formula is C16H20N2. The second kappa shape index (κ2) is 5.12. The molecule has 94 valence electrons. The van der Waals surface area contributed by atoms with Gasteiger partial charge in [0.25, 0.3) is 0 Å². The number of fused-ring (bicyclic) bond motifs is 1. The van der Waals surface area contributed by atoms with Crippen molar-refractivity contribution in [2.24, 2.45) is 0 Å². The molecule has 0 saturated carbocycles. The normalized spacial score (nSPS) is 27.7. The van der Waals surface area contributed by atoms with Crippen molar-refractivity contribution in [2.75, 3.05) is 13.1 Å². The van der Waals surface area contributed by atoms with Crippen LogP contribution in [0.2, 0.25) is 0 Å². The number of hydrogen-bond acceptors (Lipinski definition) is 2. The van der Waals surface area contributed by atoms with E-state index in [1.807, 2.05) is 0 Å². The van der Waals surface area contributed by atoms with E-state index < -0.39 is 0 Å². The molecule has 18 heavy (non-hydrogen) atoms. The fourth-order valence-corrected chi connectivity index (χ4v) is 3.52. The minimum atomic E-state index is 0.166. The van der Waals surface area contributed by atoms with Crippen molar-refractivity contribution >= 4 is 0 Å². The summed E-state index contributed by atoms with van der Waals surface area (Å²) in [6.45, 7) is 2.19. The van der Waals surface area contributed by atoms with Gasteiger partial charge in [-0.2, -0.15) is 5.26 Å². The quantitative estimate of drug-likeness (QED) is 0.794. The standard InChI is InChI=1S/C16H20N2/c17-11-15-8-4-10-18(15)12-14-7-3-6-13-5-1-2-9-16(13)14/h1-2,5,9,14-15H,3-4,6-8,10,12H2. The molecule has 2 atom stereocenters. The lowest BCUT2D eigenvalue weighted by molar-refractivity contribution is 0.264. The third-order valence-electron chi connectivity index (χ3n) is 4.46. The molecule has 1 aliphatic heterocycles. The van der Waals surface area contributed by atoms with Crippen LogP contribution in [0.25, 0.3) is 0 Å². The molecule has 1 saturated heterocycles. The molecule has 0 amide bonds. The van der Waals surface area contributed by atoms with Crippen molar-refractivity contribution in [2.45, 2.75) is 44.1 Å². The van der Waals surface area contributed by atoms with Gasteiger partial charge in [0.05, 0.1) is 12.1 Å². The van der Waals surface area contributed by atoms with Crippen LogP contribution in [0, 0.1) is 11.3 Å². The summed E-state index contributed by atoms with van der Waals surface area (Å²) < 4.78 is 0. The van der Waals surface area contributed by atoms with Gasteiger partial charge in [0.2, 0.25) is 0 Å². The third-order valence-corrected chi connectivity index (χ3v) is 4.46. The van der Waals surface area contributed by atoms with Crippen LogP contribution < -0.4 is 0 Å². The molecular weight excluding hydrogens is 220 g/mol. The maximum absolute atomic E-state index is 9.17. The molecule has 0 spiro atoms. The minimum Gasteiger partial charge on any atom is -0.287 e. The zero-order valence-electron chi connectivity index (χ0n) is 10.8. The summed E-state index contributed by atoms with van der Waals surface area (Å²) in [5.74, 6) is 0.642. The molecule has 0 aromatic heterocycles. The lowest BCUT2D eigenvalue weighted by atomic mass is 9.82. The van der Waals surface area contributed by atoms with Gasteiger partial charge in [0, 0.05) is 6.54 Å². The molecule has 2 aliphatic rings. The zero-order chi connectivity index (χ0) is 12.4. The van der Waals surface area contributed by atoms with Gasteiger partial charge in [0.1, 0.15) is 0 Å². The highest BCUT2D eigenvalue weighted by Gasteiger charge is 2.28. The van der Waals surface area contributed by atoms with Crippen molar-refractivity contribution < 1.29 is 0 Å². The van der Waals surface area contributed by atoms with Crippen LogP contribution in [0.5, 0.6) is 0 Å².